The molecule has 0 aliphatic carbocycles. The first-order chi connectivity index (χ1) is 12.9. The maximum atomic E-state index is 12.1. The summed E-state index contributed by atoms with van der Waals surface area (Å²) < 4.78 is 2.18. The van der Waals surface area contributed by atoms with Crippen LogP contribution < -0.4 is 5.43 Å². The fourth-order valence-electron chi connectivity index (χ4n) is 3.23. The van der Waals surface area contributed by atoms with Crippen LogP contribution in [0, 0.1) is 27.7 Å². The molecule has 1 heterocycles. The van der Waals surface area contributed by atoms with E-state index in [4.69, 9.17) is 0 Å². The maximum absolute atomic E-state index is 12.1. The molecular weight excluding hydrogens is 338 g/mol. The number of nitrogens with one attached hydrogen (secondary N) is 1. The van der Waals surface area contributed by atoms with Crippen molar-refractivity contribution in [3.8, 4) is 11.4 Å². The Kier molecular flexibility index (Phi) is 5.12. The molecule has 3 rings (SSSR count). The van der Waals surface area contributed by atoms with Crippen LogP contribution >= 0.6 is 0 Å². The first-order valence-corrected chi connectivity index (χ1v) is 8.76. The zero-order valence-electron chi connectivity index (χ0n) is 15.9. The topological polar surface area (TPSA) is 66.6 Å². The highest BCUT2D eigenvalue weighted by Crippen LogP contribution is 2.23. The molecule has 0 saturated heterocycles. The summed E-state index contributed by atoms with van der Waals surface area (Å²) in [4.78, 5) is 12.1. The van der Waals surface area contributed by atoms with Crippen molar-refractivity contribution in [2.45, 2.75) is 27.7 Å². The Bertz CT molecular complexity index is 1030. The summed E-state index contributed by atoms with van der Waals surface area (Å²) in [5.41, 5.74) is 9.27. The van der Waals surface area contributed by atoms with Crippen LogP contribution in [0.5, 0.6) is 5.75 Å². The largest absolute Gasteiger partial charge is 0.507 e. The zero-order valence-corrected chi connectivity index (χ0v) is 15.9. The number of nitrogens with zero attached hydrogens (tertiary/aromatic N) is 2. The third-order valence-corrected chi connectivity index (χ3v) is 4.58. The van der Waals surface area contributed by atoms with E-state index in [2.05, 4.69) is 47.1 Å². The molecule has 138 valence electrons. The molecule has 0 spiro atoms. The van der Waals surface area contributed by atoms with E-state index >= 15 is 0 Å². The third kappa shape index (κ3) is 3.77. The second-order valence-corrected chi connectivity index (χ2v) is 6.67. The molecule has 0 aliphatic heterocycles. The van der Waals surface area contributed by atoms with Gasteiger partial charge in [0, 0.05) is 22.6 Å². The smallest absolute Gasteiger partial charge is 0.275 e. The van der Waals surface area contributed by atoms with E-state index in [0.29, 0.717) is 0 Å². The average molecular weight is 361 g/mol. The van der Waals surface area contributed by atoms with Gasteiger partial charge in [0.2, 0.25) is 0 Å². The minimum absolute atomic E-state index is 0.0711. The normalized spacial score (nSPS) is 11.1. The fraction of sp³-hybridized carbons (Fsp3) is 0.182. The first-order valence-electron chi connectivity index (χ1n) is 8.76. The second-order valence-electron chi connectivity index (χ2n) is 6.67. The number of para-hydroxylation sites is 1. The lowest BCUT2D eigenvalue weighted by molar-refractivity contribution is 0.0952. The van der Waals surface area contributed by atoms with E-state index < -0.39 is 5.91 Å². The van der Waals surface area contributed by atoms with Gasteiger partial charge in [-0.25, -0.2) is 5.43 Å². The van der Waals surface area contributed by atoms with Crippen molar-refractivity contribution in [2.75, 3.05) is 0 Å². The molecule has 1 amide bonds. The highest BCUT2D eigenvalue weighted by atomic mass is 16.3. The summed E-state index contributed by atoms with van der Waals surface area (Å²) in [6.45, 7) is 8.25. The molecular formula is C22H23N3O2. The number of carbonyl (C=O) groups is 1. The number of benzene rings is 2. The molecule has 0 radical (unpaired) electrons. The second kappa shape index (κ2) is 7.50. The minimum Gasteiger partial charge on any atom is -0.507 e. The highest BCUT2D eigenvalue weighted by Gasteiger charge is 2.12. The third-order valence-electron chi connectivity index (χ3n) is 4.58. The molecule has 3 aromatic rings. The van der Waals surface area contributed by atoms with Crippen LogP contribution in [-0.4, -0.2) is 21.8 Å². The molecule has 0 unspecified atom stereocenters. The van der Waals surface area contributed by atoms with Gasteiger partial charge in [-0.3, -0.25) is 4.79 Å². The minimum atomic E-state index is -0.451. The van der Waals surface area contributed by atoms with Crippen molar-refractivity contribution in [3.05, 3.63) is 82.2 Å². The highest BCUT2D eigenvalue weighted by molar-refractivity contribution is 5.97. The number of hydrogen-bond acceptors (Lipinski definition) is 3. The van der Waals surface area contributed by atoms with E-state index in [9.17, 15) is 9.90 Å². The lowest BCUT2D eigenvalue weighted by atomic mass is 10.1. The Balaban J connectivity index is 1.83. The Labute approximate surface area is 159 Å². The molecule has 27 heavy (non-hydrogen) atoms. The molecule has 2 N–H and O–H groups in total. The van der Waals surface area contributed by atoms with Crippen LogP contribution in [0.25, 0.3) is 5.69 Å². The predicted molar refractivity (Wildman–Crippen MR) is 108 cm³/mol. The SMILES string of the molecule is Cc1ccc(-n2c(C)cc(/C=N\NC(=O)c3ccccc3O)c2C)c(C)c1. The Hall–Kier alpha value is -3.34. The van der Waals surface area contributed by atoms with Gasteiger partial charge in [0.15, 0.2) is 0 Å². The fourth-order valence-corrected chi connectivity index (χ4v) is 3.23. The van der Waals surface area contributed by atoms with E-state index in [1.165, 1.54) is 17.2 Å². The van der Waals surface area contributed by atoms with Gasteiger partial charge in [-0.1, -0.05) is 29.8 Å². The summed E-state index contributed by atoms with van der Waals surface area (Å²) in [5, 5.41) is 13.8. The van der Waals surface area contributed by atoms with Crippen molar-refractivity contribution < 1.29 is 9.90 Å². The van der Waals surface area contributed by atoms with Crippen LogP contribution in [0.2, 0.25) is 0 Å². The van der Waals surface area contributed by atoms with Crippen LogP contribution in [0.15, 0.2) is 53.6 Å². The number of hydrogen-bond donors (Lipinski definition) is 2. The lowest BCUT2D eigenvalue weighted by Gasteiger charge is -2.13. The molecule has 0 saturated carbocycles. The van der Waals surface area contributed by atoms with Gasteiger partial charge in [0.05, 0.1) is 11.8 Å². The number of phenolic OH excluding ortho intramolecular Hbond substituents is 1. The van der Waals surface area contributed by atoms with E-state index in [1.807, 2.05) is 19.9 Å². The molecule has 5 heteroatoms. The number of amides is 1. The quantitative estimate of drug-likeness (QED) is 0.541. The number of aromatic nitrogens is 1. The number of carbonyl (C=O) groups excluding carboxylic acids is 1. The summed E-state index contributed by atoms with van der Waals surface area (Å²) in [6, 6.07) is 14.8. The Morgan fingerprint density at radius 2 is 1.81 bits per heavy atom. The maximum Gasteiger partial charge on any atom is 0.275 e. The number of rotatable bonds is 4. The van der Waals surface area contributed by atoms with Crippen molar-refractivity contribution in [1.29, 1.82) is 0 Å². The van der Waals surface area contributed by atoms with E-state index in [-0.39, 0.29) is 11.3 Å². The van der Waals surface area contributed by atoms with Gasteiger partial charge in [0.1, 0.15) is 5.75 Å². The average Bonchev–Trinajstić information content (AvgIpc) is 2.89. The molecule has 1 aromatic heterocycles. The predicted octanol–water partition coefficient (Wildman–Crippen LogP) is 4.18. The number of phenols is 1. The monoisotopic (exact) mass is 361 g/mol. The number of aromatic hydroxyl groups is 1. The Morgan fingerprint density at radius 3 is 2.52 bits per heavy atom. The van der Waals surface area contributed by atoms with Crippen LogP contribution in [0.1, 0.15) is 38.4 Å². The van der Waals surface area contributed by atoms with Gasteiger partial charge >= 0.3 is 0 Å². The molecule has 0 fully saturated rings. The number of hydrazone groups is 1. The Morgan fingerprint density at radius 1 is 1.07 bits per heavy atom. The summed E-state index contributed by atoms with van der Waals surface area (Å²) >= 11 is 0. The van der Waals surface area contributed by atoms with Crippen molar-refractivity contribution >= 4 is 12.1 Å². The molecule has 0 bridgehead atoms. The molecule has 2 aromatic carbocycles. The summed E-state index contributed by atoms with van der Waals surface area (Å²) in [7, 11) is 0. The van der Waals surface area contributed by atoms with Crippen molar-refractivity contribution in [3.63, 3.8) is 0 Å². The standard InChI is InChI=1S/C22H23N3O2/c1-14-9-10-20(15(2)11-14)25-16(3)12-18(17(25)4)13-23-24-22(27)19-7-5-6-8-21(19)26/h5-13,26H,1-4H3,(H,24,27)/b23-13-. The zero-order chi connectivity index (χ0) is 19.6. The van der Waals surface area contributed by atoms with Gasteiger partial charge in [-0.2, -0.15) is 5.10 Å². The van der Waals surface area contributed by atoms with Crippen LogP contribution in [-0.2, 0) is 0 Å². The molecule has 5 nitrogen and oxygen atoms in total. The van der Waals surface area contributed by atoms with Gasteiger partial charge in [-0.15, -0.1) is 0 Å². The van der Waals surface area contributed by atoms with E-state index in [0.717, 1.165) is 22.6 Å². The summed E-state index contributed by atoms with van der Waals surface area (Å²) in [6.07, 6.45) is 1.63. The lowest BCUT2D eigenvalue weighted by Crippen LogP contribution is -2.17. The van der Waals surface area contributed by atoms with Gasteiger partial charge < -0.3 is 9.67 Å². The van der Waals surface area contributed by atoms with Gasteiger partial charge in [-0.05, 0) is 57.5 Å². The van der Waals surface area contributed by atoms with Crippen molar-refractivity contribution in [2.24, 2.45) is 5.10 Å². The van der Waals surface area contributed by atoms with Gasteiger partial charge in [0.25, 0.3) is 5.91 Å². The van der Waals surface area contributed by atoms with Crippen molar-refractivity contribution in [1.82, 2.24) is 9.99 Å². The number of aryl methyl sites for hydroxylation is 3. The van der Waals surface area contributed by atoms with E-state index in [1.54, 1.807) is 24.4 Å². The first kappa shape index (κ1) is 18.5. The molecule has 0 aliphatic rings. The summed E-state index contributed by atoms with van der Waals surface area (Å²) in [5.74, 6) is -0.522. The molecule has 0 atom stereocenters. The van der Waals surface area contributed by atoms with Crippen LogP contribution in [0.3, 0.4) is 0 Å². The van der Waals surface area contributed by atoms with Crippen LogP contribution in [0.4, 0.5) is 0 Å².